The van der Waals surface area contributed by atoms with Crippen molar-refractivity contribution in [1.29, 1.82) is 0 Å². The molecular weight excluding hydrogens is 272 g/mol. The zero-order valence-corrected chi connectivity index (χ0v) is 14.5. The molecule has 2 nitrogen and oxygen atoms in total. The van der Waals surface area contributed by atoms with Crippen LogP contribution in [0, 0.1) is 34.0 Å². The van der Waals surface area contributed by atoms with Gasteiger partial charge in [-0.1, -0.05) is 40.2 Å². The number of hydrogen-bond acceptors (Lipinski definition) is 2. The molecule has 0 aliphatic heterocycles. The summed E-state index contributed by atoms with van der Waals surface area (Å²) >= 11 is 0. The maximum atomic E-state index is 11.8. The Morgan fingerprint density at radius 1 is 1.00 bits per heavy atom. The minimum atomic E-state index is -0.202. The first-order valence-electron chi connectivity index (χ1n) is 8.90. The van der Waals surface area contributed by atoms with Crippen LogP contribution in [0.2, 0.25) is 0 Å². The predicted molar refractivity (Wildman–Crippen MR) is 88.4 cm³/mol. The molecular formula is C20H30O2. The highest BCUT2D eigenvalue weighted by atomic mass is 16.1. The Bertz CT molecular complexity index is 518. The summed E-state index contributed by atoms with van der Waals surface area (Å²) in [6.45, 7) is 9.62. The molecule has 0 radical (unpaired) electrons. The van der Waals surface area contributed by atoms with Crippen molar-refractivity contribution < 1.29 is 9.59 Å². The van der Waals surface area contributed by atoms with Crippen molar-refractivity contribution in [1.82, 2.24) is 0 Å². The predicted octanol–water partition coefficient (Wildman–Crippen LogP) is 4.58. The van der Waals surface area contributed by atoms with E-state index in [9.17, 15) is 9.59 Å². The van der Waals surface area contributed by atoms with Gasteiger partial charge in [0.05, 0.1) is 0 Å². The smallest absolute Gasteiger partial charge is 0.146 e. The Hall–Kier alpha value is -0.920. The van der Waals surface area contributed by atoms with Gasteiger partial charge in [-0.25, -0.2) is 0 Å². The average Bonchev–Trinajstić information content (AvgIpc) is 2.44. The van der Waals surface area contributed by atoms with Gasteiger partial charge in [0.15, 0.2) is 0 Å². The standard InChI is InChI=1S/C20H30O2/c1-18(2)9-5-10-20(4)16(18)8-11-19(3)15(13-22)14(12-21)6-7-17(19)20/h6,12-13,15-17H,5,7-11H2,1-4H3/t15-,16-,17-,19-,20-/m0/s1. The van der Waals surface area contributed by atoms with E-state index < -0.39 is 0 Å². The molecule has 0 N–H and O–H groups in total. The molecule has 0 heterocycles. The number of allylic oxidation sites excluding steroid dienone is 2. The van der Waals surface area contributed by atoms with Crippen molar-refractivity contribution in [3.63, 3.8) is 0 Å². The van der Waals surface area contributed by atoms with Gasteiger partial charge in [0.25, 0.3) is 0 Å². The lowest BCUT2D eigenvalue weighted by molar-refractivity contribution is -0.151. The van der Waals surface area contributed by atoms with Gasteiger partial charge >= 0.3 is 0 Å². The van der Waals surface area contributed by atoms with Gasteiger partial charge in [-0.05, 0) is 65.8 Å². The number of aldehydes is 2. The lowest BCUT2D eigenvalue weighted by atomic mass is 9.40. The molecule has 0 amide bonds. The number of carbonyl (C=O) groups excluding carboxylic acids is 2. The van der Waals surface area contributed by atoms with Crippen LogP contribution in [0.3, 0.4) is 0 Å². The molecule has 0 bridgehead atoms. The third-order valence-corrected chi connectivity index (χ3v) is 7.77. The van der Waals surface area contributed by atoms with Crippen LogP contribution < -0.4 is 0 Å². The molecule has 0 unspecified atom stereocenters. The number of fused-ring (bicyclic) bond motifs is 3. The first kappa shape index (κ1) is 16.0. The molecule has 0 aromatic rings. The Kier molecular flexibility index (Phi) is 3.66. The van der Waals surface area contributed by atoms with Crippen LogP contribution in [-0.2, 0) is 9.59 Å². The maximum absolute atomic E-state index is 11.8. The van der Waals surface area contributed by atoms with Gasteiger partial charge in [0.1, 0.15) is 12.6 Å². The normalized spacial score (nSPS) is 46.9. The van der Waals surface area contributed by atoms with Crippen LogP contribution in [0.25, 0.3) is 0 Å². The third kappa shape index (κ3) is 1.98. The summed E-state index contributed by atoms with van der Waals surface area (Å²) in [5, 5.41) is 0. The van der Waals surface area contributed by atoms with E-state index in [-0.39, 0.29) is 11.3 Å². The lowest BCUT2D eigenvalue weighted by Gasteiger charge is -2.64. The Labute approximate surface area is 134 Å². The molecule has 2 heteroatoms. The van der Waals surface area contributed by atoms with E-state index in [1.807, 2.05) is 0 Å². The topological polar surface area (TPSA) is 34.1 Å². The first-order chi connectivity index (χ1) is 10.3. The highest BCUT2D eigenvalue weighted by Gasteiger charge is 2.60. The Balaban J connectivity index is 2.06. The monoisotopic (exact) mass is 302 g/mol. The van der Waals surface area contributed by atoms with Gasteiger partial charge in [-0.15, -0.1) is 0 Å². The summed E-state index contributed by atoms with van der Waals surface area (Å²) < 4.78 is 0. The summed E-state index contributed by atoms with van der Waals surface area (Å²) in [4.78, 5) is 23.2. The van der Waals surface area contributed by atoms with E-state index in [2.05, 4.69) is 33.8 Å². The van der Waals surface area contributed by atoms with Crippen LogP contribution in [0.5, 0.6) is 0 Å². The van der Waals surface area contributed by atoms with E-state index in [1.165, 1.54) is 25.7 Å². The third-order valence-electron chi connectivity index (χ3n) is 7.77. The van der Waals surface area contributed by atoms with Crippen LogP contribution in [0.1, 0.15) is 66.2 Å². The molecule has 3 aliphatic carbocycles. The molecule has 2 fully saturated rings. The summed E-state index contributed by atoms with van der Waals surface area (Å²) in [7, 11) is 0. The molecule has 22 heavy (non-hydrogen) atoms. The van der Waals surface area contributed by atoms with Gasteiger partial charge in [-0.2, -0.15) is 0 Å². The second-order valence-corrected chi connectivity index (χ2v) is 9.17. The largest absolute Gasteiger partial charge is 0.303 e. The van der Waals surface area contributed by atoms with Crippen molar-refractivity contribution in [2.75, 3.05) is 0 Å². The van der Waals surface area contributed by atoms with E-state index >= 15 is 0 Å². The van der Waals surface area contributed by atoms with Gasteiger partial charge in [0.2, 0.25) is 0 Å². The molecule has 3 aliphatic rings. The quantitative estimate of drug-likeness (QED) is 0.700. The fourth-order valence-electron chi connectivity index (χ4n) is 6.71. The van der Waals surface area contributed by atoms with Crippen molar-refractivity contribution in [2.24, 2.45) is 34.0 Å². The fourth-order valence-corrected chi connectivity index (χ4v) is 6.71. The minimum absolute atomic E-state index is 0.0363. The summed E-state index contributed by atoms with van der Waals surface area (Å²) in [6, 6.07) is 0. The van der Waals surface area contributed by atoms with Crippen molar-refractivity contribution in [3.8, 4) is 0 Å². The first-order valence-corrected chi connectivity index (χ1v) is 8.90. The van der Waals surface area contributed by atoms with Crippen LogP contribution in [0.4, 0.5) is 0 Å². The zero-order chi connectivity index (χ0) is 16.2. The second kappa shape index (κ2) is 5.04. The van der Waals surface area contributed by atoms with Gasteiger partial charge < -0.3 is 4.79 Å². The average molecular weight is 302 g/mol. The van der Waals surface area contributed by atoms with E-state index in [4.69, 9.17) is 0 Å². The summed E-state index contributed by atoms with van der Waals surface area (Å²) in [6.07, 6.45) is 11.2. The molecule has 0 saturated heterocycles. The SMILES string of the molecule is CC1(C)CCC[C@]2(C)[C@H]3CC=C(C=O)[C@H](C=O)[C@]3(C)CC[C@@H]12. The molecule has 2 saturated carbocycles. The molecule has 0 aromatic heterocycles. The molecule has 122 valence electrons. The van der Waals surface area contributed by atoms with Crippen molar-refractivity contribution >= 4 is 12.6 Å². The molecule has 0 aromatic carbocycles. The fraction of sp³-hybridized carbons (Fsp3) is 0.800. The van der Waals surface area contributed by atoms with Crippen LogP contribution in [0.15, 0.2) is 11.6 Å². The number of rotatable bonds is 2. The van der Waals surface area contributed by atoms with Crippen LogP contribution in [-0.4, -0.2) is 12.6 Å². The Morgan fingerprint density at radius 3 is 2.36 bits per heavy atom. The summed E-state index contributed by atoms with van der Waals surface area (Å²) in [5.74, 6) is 1.06. The molecule has 5 atom stereocenters. The highest BCUT2D eigenvalue weighted by molar-refractivity contribution is 5.82. The summed E-state index contributed by atoms with van der Waals surface area (Å²) in [5.41, 5.74) is 1.40. The zero-order valence-electron chi connectivity index (χ0n) is 14.5. The molecule has 0 spiro atoms. The number of carbonyl (C=O) groups is 2. The maximum Gasteiger partial charge on any atom is 0.146 e. The van der Waals surface area contributed by atoms with Crippen molar-refractivity contribution in [2.45, 2.75) is 66.2 Å². The highest BCUT2D eigenvalue weighted by Crippen LogP contribution is 2.67. The Morgan fingerprint density at radius 2 is 1.73 bits per heavy atom. The molecule has 3 rings (SSSR count). The van der Waals surface area contributed by atoms with Crippen LogP contribution >= 0.6 is 0 Å². The van der Waals surface area contributed by atoms with Crippen molar-refractivity contribution in [3.05, 3.63) is 11.6 Å². The van der Waals surface area contributed by atoms with E-state index in [1.54, 1.807) is 0 Å². The van der Waals surface area contributed by atoms with E-state index in [0.717, 1.165) is 36.9 Å². The number of hydrogen-bond donors (Lipinski definition) is 0. The van der Waals surface area contributed by atoms with Gasteiger partial charge in [-0.3, -0.25) is 4.79 Å². The van der Waals surface area contributed by atoms with E-state index in [0.29, 0.717) is 16.7 Å². The lowest BCUT2D eigenvalue weighted by Crippen LogP contribution is -2.58. The minimum Gasteiger partial charge on any atom is -0.303 e. The second-order valence-electron chi connectivity index (χ2n) is 9.17. The van der Waals surface area contributed by atoms with Gasteiger partial charge in [0, 0.05) is 5.92 Å².